The molecular weight excluding hydrogens is 280 g/mol. The molecule has 2 aliphatic carbocycles. The SMILES string of the molecule is COc1cc(OC)c2c(c1)[C@H]1O[C@H]3C[C@@]4(CCCC[C@@]14O3)C2. The highest BCUT2D eigenvalue weighted by atomic mass is 16.7. The van der Waals surface area contributed by atoms with Crippen molar-refractivity contribution in [2.45, 2.75) is 56.5 Å². The lowest BCUT2D eigenvalue weighted by molar-refractivity contribution is -0.111. The molecule has 4 nitrogen and oxygen atoms in total. The van der Waals surface area contributed by atoms with Crippen molar-refractivity contribution in [2.24, 2.45) is 5.41 Å². The third kappa shape index (κ3) is 1.36. The maximum Gasteiger partial charge on any atom is 0.160 e. The van der Waals surface area contributed by atoms with Crippen LogP contribution in [0.4, 0.5) is 0 Å². The van der Waals surface area contributed by atoms with E-state index in [1.807, 2.05) is 6.07 Å². The maximum absolute atomic E-state index is 6.42. The molecule has 3 fully saturated rings. The predicted octanol–water partition coefficient (Wildman–Crippen LogP) is 3.38. The van der Waals surface area contributed by atoms with E-state index in [9.17, 15) is 0 Å². The van der Waals surface area contributed by atoms with Crippen LogP contribution in [0, 0.1) is 5.41 Å². The first-order valence-electron chi connectivity index (χ1n) is 8.29. The smallest absolute Gasteiger partial charge is 0.160 e. The van der Waals surface area contributed by atoms with E-state index >= 15 is 0 Å². The monoisotopic (exact) mass is 302 g/mol. The van der Waals surface area contributed by atoms with Gasteiger partial charge in [0.2, 0.25) is 0 Å². The summed E-state index contributed by atoms with van der Waals surface area (Å²) in [5, 5.41) is 0. The zero-order valence-electron chi connectivity index (χ0n) is 13.2. The van der Waals surface area contributed by atoms with E-state index in [2.05, 4.69) is 6.07 Å². The molecule has 1 saturated carbocycles. The minimum absolute atomic E-state index is 0.0200. The zero-order chi connectivity index (χ0) is 14.9. The van der Waals surface area contributed by atoms with Crippen molar-refractivity contribution in [3.05, 3.63) is 23.3 Å². The second kappa shape index (κ2) is 4.18. The van der Waals surface area contributed by atoms with Gasteiger partial charge < -0.3 is 18.9 Å². The molecule has 0 N–H and O–H groups in total. The van der Waals surface area contributed by atoms with E-state index in [1.165, 1.54) is 30.4 Å². The van der Waals surface area contributed by atoms with Crippen LogP contribution in [0.5, 0.6) is 11.5 Å². The highest BCUT2D eigenvalue weighted by Gasteiger charge is 2.71. The van der Waals surface area contributed by atoms with E-state index in [0.717, 1.165) is 30.8 Å². The minimum atomic E-state index is -0.111. The van der Waals surface area contributed by atoms with Gasteiger partial charge in [-0.25, -0.2) is 0 Å². The molecule has 1 aromatic carbocycles. The summed E-state index contributed by atoms with van der Waals surface area (Å²) in [6.45, 7) is 0. The Morgan fingerprint density at radius 3 is 2.82 bits per heavy atom. The van der Waals surface area contributed by atoms with E-state index in [0.29, 0.717) is 0 Å². The normalized spacial score (nSPS) is 41.0. The van der Waals surface area contributed by atoms with E-state index in [1.54, 1.807) is 14.2 Å². The van der Waals surface area contributed by atoms with Gasteiger partial charge in [-0.3, -0.25) is 0 Å². The van der Waals surface area contributed by atoms with Crippen LogP contribution < -0.4 is 9.47 Å². The number of hydrogen-bond donors (Lipinski definition) is 0. The Balaban J connectivity index is 1.74. The fourth-order valence-corrected chi connectivity index (χ4v) is 5.53. The van der Waals surface area contributed by atoms with Crippen LogP contribution in [-0.4, -0.2) is 26.1 Å². The Kier molecular flexibility index (Phi) is 2.51. The van der Waals surface area contributed by atoms with Crippen LogP contribution in [0.1, 0.15) is 49.3 Å². The van der Waals surface area contributed by atoms with Gasteiger partial charge in [-0.1, -0.05) is 12.8 Å². The van der Waals surface area contributed by atoms with Crippen molar-refractivity contribution < 1.29 is 18.9 Å². The average Bonchev–Trinajstić information content (AvgIpc) is 3.06. The van der Waals surface area contributed by atoms with Crippen molar-refractivity contribution in [3.63, 3.8) is 0 Å². The molecule has 0 radical (unpaired) electrons. The maximum atomic E-state index is 6.42. The topological polar surface area (TPSA) is 36.9 Å². The summed E-state index contributed by atoms with van der Waals surface area (Å²) in [5.41, 5.74) is 2.65. The zero-order valence-corrected chi connectivity index (χ0v) is 13.2. The number of fused-ring (bicyclic) bond motifs is 3. The average molecular weight is 302 g/mol. The molecule has 4 atom stereocenters. The Labute approximate surface area is 130 Å². The van der Waals surface area contributed by atoms with Gasteiger partial charge in [-0.15, -0.1) is 0 Å². The first kappa shape index (κ1) is 13.2. The molecule has 2 saturated heterocycles. The molecule has 2 aliphatic heterocycles. The number of ether oxygens (including phenoxy) is 4. The first-order valence-corrected chi connectivity index (χ1v) is 8.29. The van der Waals surface area contributed by atoms with Gasteiger partial charge in [0.25, 0.3) is 0 Å². The molecule has 4 heteroatoms. The third-order valence-corrected chi connectivity index (χ3v) is 6.43. The van der Waals surface area contributed by atoms with Gasteiger partial charge in [0, 0.05) is 23.5 Å². The van der Waals surface area contributed by atoms with E-state index in [-0.39, 0.29) is 23.4 Å². The molecule has 2 bridgehead atoms. The number of benzene rings is 1. The van der Waals surface area contributed by atoms with Gasteiger partial charge in [0.1, 0.15) is 23.2 Å². The Hall–Kier alpha value is -1.26. The molecule has 1 spiro atoms. The van der Waals surface area contributed by atoms with Crippen LogP contribution in [0.3, 0.4) is 0 Å². The molecule has 0 unspecified atom stereocenters. The number of hydrogen-bond acceptors (Lipinski definition) is 4. The summed E-state index contributed by atoms with van der Waals surface area (Å²) < 4.78 is 23.8. The highest BCUT2D eigenvalue weighted by molar-refractivity contribution is 5.52. The third-order valence-electron chi connectivity index (χ3n) is 6.43. The summed E-state index contributed by atoms with van der Waals surface area (Å²) in [7, 11) is 3.44. The van der Waals surface area contributed by atoms with Crippen LogP contribution in [0.15, 0.2) is 12.1 Å². The standard InChI is InChI=1S/C18H22O4/c1-19-11-7-12-13(14(8-11)20-2)9-17-5-3-4-6-18(17)16(12)21-15(10-17)22-18/h7-8,15-16H,3-6,9-10H2,1-2H3/t15-,16-,17-,18-/m1/s1. The lowest BCUT2D eigenvalue weighted by Crippen LogP contribution is -2.56. The lowest BCUT2D eigenvalue weighted by Gasteiger charge is -2.54. The van der Waals surface area contributed by atoms with Gasteiger partial charge >= 0.3 is 0 Å². The quantitative estimate of drug-likeness (QED) is 0.839. The summed E-state index contributed by atoms with van der Waals surface area (Å²) in [5.74, 6) is 1.77. The molecule has 0 amide bonds. The van der Waals surface area contributed by atoms with Crippen LogP contribution in [-0.2, 0) is 15.9 Å². The van der Waals surface area contributed by atoms with Gasteiger partial charge in [0.05, 0.1) is 14.2 Å². The minimum Gasteiger partial charge on any atom is -0.497 e. The van der Waals surface area contributed by atoms with E-state index < -0.39 is 0 Å². The molecule has 22 heavy (non-hydrogen) atoms. The first-order chi connectivity index (χ1) is 10.7. The fourth-order valence-electron chi connectivity index (χ4n) is 5.53. The van der Waals surface area contributed by atoms with Gasteiger partial charge in [0.15, 0.2) is 6.29 Å². The van der Waals surface area contributed by atoms with Crippen molar-refractivity contribution in [1.29, 1.82) is 0 Å². The predicted molar refractivity (Wildman–Crippen MR) is 80.2 cm³/mol. The molecule has 0 aromatic heterocycles. The van der Waals surface area contributed by atoms with Crippen molar-refractivity contribution in [1.82, 2.24) is 0 Å². The second-order valence-corrected chi connectivity index (χ2v) is 7.22. The highest BCUT2D eigenvalue weighted by Crippen LogP contribution is 2.70. The van der Waals surface area contributed by atoms with Crippen molar-refractivity contribution >= 4 is 0 Å². The van der Waals surface area contributed by atoms with Crippen molar-refractivity contribution in [2.75, 3.05) is 14.2 Å². The Morgan fingerprint density at radius 1 is 1.14 bits per heavy atom. The van der Waals surface area contributed by atoms with Gasteiger partial charge in [-0.2, -0.15) is 0 Å². The summed E-state index contributed by atoms with van der Waals surface area (Å²) in [6, 6.07) is 4.12. The van der Waals surface area contributed by atoms with Crippen LogP contribution >= 0.6 is 0 Å². The van der Waals surface area contributed by atoms with E-state index in [4.69, 9.17) is 18.9 Å². The van der Waals surface area contributed by atoms with Crippen LogP contribution in [0.2, 0.25) is 0 Å². The Morgan fingerprint density at radius 2 is 2.00 bits per heavy atom. The second-order valence-electron chi connectivity index (χ2n) is 7.22. The number of methoxy groups -OCH3 is 2. The fraction of sp³-hybridized carbons (Fsp3) is 0.667. The molecule has 118 valence electrons. The summed E-state index contributed by atoms with van der Waals surface area (Å²) >= 11 is 0. The summed E-state index contributed by atoms with van der Waals surface area (Å²) in [6.07, 6.45) is 7.02. The summed E-state index contributed by atoms with van der Waals surface area (Å²) in [4.78, 5) is 0. The number of rotatable bonds is 2. The molecular formula is C18H22O4. The molecule has 2 heterocycles. The van der Waals surface area contributed by atoms with Crippen LogP contribution in [0.25, 0.3) is 0 Å². The largest absolute Gasteiger partial charge is 0.497 e. The lowest BCUT2D eigenvalue weighted by atomic mass is 9.53. The molecule has 5 rings (SSSR count). The van der Waals surface area contributed by atoms with Crippen molar-refractivity contribution in [3.8, 4) is 11.5 Å². The van der Waals surface area contributed by atoms with Gasteiger partial charge in [-0.05, 0) is 30.9 Å². The molecule has 4 aliphatic rings. The Bertz CT molecular complexity index is 642. The molecule has 1 aromatic rings.